The van der Waals surface area contributed by atoms with Gasteiger partial charge in [0.05, 0.1) is 5.02 Å². The fraction of sp³-hybridized carbons (Fsp3) is 0.474. The molecule has 8 heteroatoms. The van der Waals surface area contributed by atoms with Crippen molar-refractivity contribution in [1.29, 1.82) is 0 Å². The first-order chi connectivity index (χ1) is 12.1. The van der Waals surface area contributed by atoms with E-state index in [1.807, 2.05) is 24.1 Å². The number of hydrogen-bond acceptors (Lipinski definition) is 4. The summed E-state index contributed by atoms with van der Waals surface area (Å²) >= 11 is 6.20. The second-order valence-corrected chi connectivity index (χ2v) is 7.41. The zero-order valence-electron chi connectivity index (χ0n) is 15.1. The normalized spacial score (nSPS) is 23.3. The fourth-order valence-corrected chi connectivity index (χ4v) is 4.23. The van der Waals surface area contributed by atoms with Gasteiger partial charge in [-0.1, -0.05) is 11.6 Å². The molecule has 0 radical (unpaired) electrons. The van der Waals surface area contributed by atoms with Crippen molar-refractivity contribution in [2.24, 2.45) is 0 Å². The standard InChI is InChI=1S/C19H22ClN3O2.2ClH/c1-23(14-9-12-4-5-13(10-14)22-12)18(24)11-25-17-7-6-16(20)15-3-2-8-21-19(15)17;;/h2-3,6-8,12-14,22H,4-5,9-11H2,1H3;2*1H. The summed E-state index contributed by atoms with van der Waals surface area (Å²) in [5, 5.41) is 5.07. The molecule has 0 saturated carbocycles. The van der Waals surface area contributed by atoms with Gasteiger partial charge in [-0.25, -0.2) is 0 Å². The van der Waals surface area contributed by atoms with E-state index in [-0.39, 0.29) is 37.3 Å². The fourth-order valence-electron chi connectivity index (χ4n) is 4.02. The molecule has 2 aliphatic heterocycles. The Balaban J connectivity index is 0.00000131. The molecular formula is C19H24Cl3N3O2. The van der Waals surface area contributed by atoms with E-state index < -0.39 is 0 Å². The van der Waals surface area contributed by atoms with Gasteiger partial charge < -0.3 is 15.0 Å². The molecule has 4 rings (SSSR count). The average Bonchev–Trinajstić information content (AvgIpc) is 2.98. The summed E-state index contributed by atoms with van der Waals surface area (Å²) < 4.78 is 5.79. The number of amides is 1. The largest absolute Gasteiger partial charge is 0.481 e. The molecule has 0 spiro atoms. The number of hydrogen-bond donors (Lipinski definition) is 1. The molecule has 5 nitrogen and oxygen atoms in total. The van der Waals surface area contributed by atoms with E-state index in [2.05, 4.69) is 10.3 Å². The molecule has 0 aliphatic carbocycles. The Morgan fingerprint density at radius 1 is 1.26 bits per heavy atom. The van der Waals surface area contributed by atoms with Gasteiger partial charge in [-0.2, -0.15) is 0 Å². The van der Waals surface area contributed by atoms with Crippen LogP contribution < -0.4 is 10.1 Å². The van der Waals surface area contributed by atoms with Crippen molar-refractivity contribution >= 4 is 53.2 Å². The Kier molecular flexibility index (Phi) is 7.57. The summed E-state index contributed by atoms with van der Waals surface area (Å²) in [6.07, 6.45) is 6.21. The summed E-state index contributed by atoms with van der Waals surface area (Å²) in [6, 6.07) is 8.71. The molecule has 2 atom stereocenters. The highest BCUT2D eigenvalue weighted by molar-refractivity contribution is 6.35. The van der Waals surface area contributed by atoms with Crippen LogP contribution in [0.1, 0.15) is 25.7 Å². The molecule has 2 bridgehead atoms. The number of carbonyl (C=O) groups excluding carboxylic acids is 1. The van der Waals surface area contributed by atoms with Crippen LogP contribution in [0.25, 0.3) is 10.9 Å². The molecule has 27 heavy (non-hydrogen) atoms. The molecule has 1 aromatic carbocycles. The predicted octanol–water partition coefficient (Wildman–Crippen LogP) is 3.85. The lowest BCUT2D eigenvalue weighted by Crippen LogP contribution is -2.49. The topological polar surface area (TPSA) is 54.5 Å². The molecular weight excluding hydrogens is 409 g/mol. The molecule has 148 valence electrons. The van der Waals surface area contributed by atoms with Gasteiger partial charge >= 0.3 is 0 Å². The minimum Gasteiger partial charge on any atom is -0.481 e. The van der Waals surface area contributed by atoms with E-state index in [9.17, 15) is 4.79 Å². The number of piperidine rings is 1. The minimum atomic E-state index is 0. The Labute approximate surface area is 176 Å². The molecule has 3 heterocycles. The number of aromatic nitrogens is 1. The SMILES string of the molecule is CN(C(=O)COc1ccc(Cl)c2cccnc12)C1CC2CCC(C1)N2.Cl.Cl. The van der Waals surface area contributed by atoms with Crippen LogP contribution in [0.15, 0.2) is 30.5 Å². The second kappa shape index (κ2) is 9.28. The summed E-state index contributed by atoms with van der Waals surface area (Å²) in [7, 11) is 1.89. The van der Waals surface area contributed by atoms with Gasteiger partial charge in [-0.05, 0) is 49.9 Å². The lowest BCUT2D eigenvalue weighted by molar-refractivity contribution is -0.134. The van der Waals surface area contributed by atoms with Gasteiger partial charge in [-0.15, -0.1) is 24.8 Å². The smallest absolute Gasteiger partial charge is 0.260 e. The second-order valence-electron chi connectivity index (χ2n) is 7.00. The lowest BCUT2D eigenvalue weighted by Gasteiger charge is -2.35. The maximum atomic E-state index is 12.6. The lowest BCUT2D eigenvalue weighted by atomic mass is 9.98. The zero-order chi connectivity index (χ0) is 17.4. The first-order valence-corrected chi connectivity index (χ1v) is 9.17. The highest BCUT2D eigenvalue weighted by Gasteiger charge is 2.36. The average molecular weight is 433 g/mol. The molecule has 2 saturated heterocycles. The van der Waals surface area contributed by atoms with Gasteiger partial charge in [0, 0.05) is 36.8 Å². The van der Waals surface area contributed by atoms with Gasteiger partial charge in [0.25, 0.3) is 5.91 Å². The van der Waals surface area contributed by atoms with E-state index in [4.69, 9.17) is 16.3 Å². The maximum Gasteiger partial charge on any atom is 0.260 e. The van der Waals surface area contributed by atoms with Crippen molar-refractivity contribution in [2.45, 2.75) is 43.8 Å². The highest BCUT2D eigenvalue weighted by Crippen LogP contribution is 2.31. The Morgan fingerprint density at radius 2 is 1.96 bits per heavy atom. The number of nitrogens with one attached hydrogen (secondary N) is 1. The monoisotopic (exact) mass is 431 g/mol. The molecule has 1 amide bonds. The van der Waals surface area contributed by atoms with Crippen LogP contribution in [0.2, 0.25) is 5.02 Å². The number of fused-ring (bicyclic) bond motifs is 3. The minimum absolute atomic E-state index is 0. The molecule has 2 aliphatic rings. The van der Waals surface area contributed by atoms with Gasteiger partial charge in [0.15, 0.2) is 6.61 Å². The number of carbonyl (C=O) groups is 1. The number of rotatable bonds is 4. The van der Waals surface area contributed by atoms with E-state index in [0.29, 0.717) is 34.4 Å². The zero-order valence-corrected chi connectivity index (χ0v) is 17.4. The third-order valence-corrected chi connectivity index (χ3v) is 5.75. The number of ether oxygens (including phenoxy) is 1. The molecule has 2 fully saturated rings. The third-order valence-electron chi connectivity index (χ3n) is 5.42. The van der Waals surface area contributed by atoms with Gasteiger partial charge in [0.2, 0.25) is 0 Å². The van der Waals surface area contributed by atoms with E-state index in [1.165, 1.54) is 12.8 Å². The van der Waals surface area contributed by atoms with E-state index in [1.54, 1.807) is 18.3 Å². The first-order valence-electron chi connectivity index (χ1n) is 8.79. The first kappa shape index (κ1) is 22.0. The maximum absolute atomic E-state index is 12.6. The highest BCUT2D eigenvalue weighted by atomic mass is 35.5. The van der Waals surface area contributed by atoms with Crippen molar-refractivity contribution in [3.05, 3.63) is 35.5 Å². The number of pyridine rings is 1. The van der Waals surface area contributed by atoms with Crippen LogP contribution in [0.5, 0.6) is 5.75 Å². The van der Waals surface area contributed by atoms with Crippen LogP contribution in [-0.4, -0.2) is 47.6 Å². The van der Waals surface area contributed by atoms with Crippen molar-refractivity contribution in [3.63, 3.8) is 0 Å². The molecule has 2 unspecified atom stereocenters. The third kappa shape index (κ3) is 4.60. The molecule has 1 aromatic heterocycles. The predicted molar refractivity (Wildman–Crippen MR) is 112 cm³/mol. The van der Waals surface area contributed by atoms with E-state index in [0.717, 1.165) is 18.2 Å². The quantitative estimate of drug-likeness (QED) is 0.797. The molecule has 2 aromatic rings. The Morgan fingerprint density at radius 3 is 2.67 bits per heavy atom. The van der Waals surface area contributed by atoms with Crippen LogP contribution in [0.3, 0.4) is 0 Å². The Hall–Kier alpha value is -1.27. The molecule has 1 N–H and O–H groups in total. The van der Waals surface area contributed by atoms with Crippen molar-refractivity contribution in [2.75, 3.05) is 13.7 Å². The summed E-state index contributed by atoms with van der Waals surface area (Å²) in [4.78, 5) is 18.8. The Bertz CT molecular complexity index is 793. The van der Waals surface area contributed by atoms with Gasteiger partial charge in [-0.3, -0.25) is 9.78 Å². The summed E-state index contributed by atoms with van der Waals surface area (Å²) in [5.74, 6) is 0.595. The number of halogens is 3. The number of nitrogens with zero attached hydrogens (tertiary/aromatic N) is 2. The van der Waals surface area contributed by atoms with Crippen molar-refractivity contribution in [1.82, 2.24) is 15.2 Å². The van der Waals surface area contributed by atoms with Crippen LogP contribution in [0, 0.1) is 0 Å². The summed E-state index contributed by atoms with van der Waals surface area (Å²) in [5.41, 5.74) is 0.686. The van der Waals surface area contributed by atoms with Crippen molar-refractivity contribution < 1.29 is 9.53 Å². The van der Waals surface area contributed by atoms with Crippen LogP contribution in [-0.2, 0) is 4.79 Å². The van der Waals surface area contributed by atoms with Crippen LogP contribution in [0.4, 0.5) is 0 Å². The number of benzene rings is 1. The van der Waals surface area contributed by atoms with Gasteiger partial charge in [0.1, 0.15) is 11.3 Å². The number of likely N-dealkylation sites (N-methyl/N-ethyl adjacent to an activating group) is 1. The van der Waals surface area contributed by atoms with Crippen molar-refractivity contribution in [3.8, 4) is 5.75 Å². The van der Waals surface area contributed by atoms with Crippen LogP contribution >= 0.6 is 36.4 Å². The summed E-state index contributed by atoms with van der Waals surface area (Å²) in [6.45, 7) is 0.0169. The van der Waals surface area contributed by atoms with E-state index >= 15 is 0 Å².